The van der Waals surface area contributed by atoms with E-state index in [0.717, 1.165) is 0 Å². The molecule has 0 aliphatic carbocycles. The summed E-state index contributed by atoms with van der Waals surface area (Å²) in [6.07, 6.45) is 1.85. The van der Waals surface area contributed by atoms with Crippen LogP contribution in [0.4, 0.5) is 4.79 Å². The number of hydrogen-bond acceptors (Lipinski definition) is 4. The smallest absolute Gasteiger partial charge is 0.410 e. The number of ether oxygens (including phenoxy) is 1. The zero-order valence-corrected chi connectivity index (χ0v) is 13.4. The van der Waals surface area contributed by atoms with Gasteiger partial charge in [0.05, 0.1) is 11.2 Å². The maximum atomic E-state index is 11.9. The van der Waals surface area contributed by atoms with E-state index < -0.39 is 16.8 Å². The number of hydrogen-bond donors (Lipinski definition) is 2. The summed E-state index contributed by atoms with van der Waals surface area (Å²) in [7, 11) is 0. The number of aliphatic hydroxyl groups is 2. The van der Waals surface area contributed by atoms with E-state index in [1.807, 2.05) is 20.8 Å². The van der Waals surface area contributed by atoms with Gasteiger partial charge >= 0.3 is 6.09 Å². The molecule has 1 fully saturated rings. The molecule has 1 amide bonds. The zero-order valence-electron chi connectivity index (χ0n) is 13.4. The lowest BCUT2D eigenvalue weighted by molar-refractivity contribution is -0.0509. The molecule has 20 heavy (non-hydrogen) atoms. The Bertz CT molecular complexity index is 333. The van der Waals surface area contributed by atoms with Gasteiger partial charge in [0.15, 0.2) is 0 Å². The predicted molar refractivity (Wildman–Crippen MR) is 77.5 cm³/mol. The SMILES string of the molecule is CC(C)(O)CCC1(O)CCN(C(=O)OC(C)(C)C)CC1. The van der Waals surface area contributed by atoms with Crippen molar-refractivity contribution in [3.63, 3.8) is 0 Å². The Kier molecular flexibility index (Phi) is 5.08. The van der Waals surface area contributed by atoms with Gasteiger partial charge in [-0.3, -0.25) is 0 Å². The van der Waals surface area contributed by atoms with Gasteiger partial charge in [-0.15, -0.1) is 0 Å². The molecular weight excluding hydrogens is 258 g/mol. The molecule has 0 bridgehead atoms. The van der Waals surface area contributed by atoms with Crippen LogP contribution in [0.3, 0.4) is 0 Å². The third kappa shape index (κ3) is 6.09. The van der Waals surface area contributed by atoms with Gasteiger partial charge in [-0.2, -0.15) is 0 Å². The van der Waals surface area contributed by atoms with Crippen LogP contribution in [-0.2, 0) is 4.74 Å². The molecule has 0 spiro atoms. The minimum atomic E-state index is -0.779. The Labute approximate surface area is 121 Å². The van der Waals surface area contributed by atoms with E-state index >= 15 is 0 Å². The molecule has 5 heteroatoms. The lowest BCUT2D eigenvalue weighted by Gasteiger charge is -2.39. The van der Waals surface area contributed by atoms with E-state index in [9.17, 15) is 15.0 Å². The maximum Gasteiger partial charge on any atom is 0.410 e. The molecule has 0 aromatic heterocycles. The van der Waals surface area contributed by atoms with Crippen LogP contribution in [0.25, 0.3) is 0 Å². The van der Waals surface area contributed by atoms with Crippen molar-refractivity contribution in [2.45, 2.75) is 77.1 Å². The van der Waals surface area contributed by atoms with Gasteiger partial charge in [0.25, 0.3) is 0 Å². The summed E-state index contributed by atoms with van der Waals surface area (Å²) < 4.78 is 5.32. The van der Waals surface area contributed by atoms with Gasteiger partial charge in [-0.05, 0) is 60.3 Å². The fourth-order valence-electron chi connectivity index (χ4n) is 2.22. The van der Waals surface area contributed by atoms with E-state index in [1.54, 1.807) is 18.7 Å². The van der Waals surface area contributed by atoms with E-state index in [0.29, 0.717) is 38.8 Å². The number of nitrogens with zero attached hydrogens (tertiary/aromatic N) is 1. The fourth-order valence-corrected chi connectivity index (χ4v) is 2.22. The lowest BCUT2D eigenvalue weighted by atomic mass is 9.84. The molecule has 0 unspecified atom stereocenters. The third-order valence-electron chi connectivity index (χ3n) is 3.55. The lowest BCUT2D eigenvalue weighted by Crippen LogP contribution is -2.48. The predicted octanol–water partition coefficient (Wildman–Crippen LogP) is 2.30. The summed E-state index contributed by atoms with van der Waals surface area (Å²) in [5.74, 6) is 0. The number of piperidine rings is 1. The van der Waals surface area contributed by atoms with E-state index in [-0.39, 0.29) is 6.09 Å². The van der Waals surface area contributed by atoms with E-state index in [2.05, 4.69) is 0 Å². The zero-order chi connectivity index (χ0) is 15.6. The molecule has 0 saturated carbocycles. The van der Waals surface area contributed by atoms with E-state index in [4.69, 9.17) is 4.74 Å². The number of amides is 1. The molecule has 0 atom stereocenters. The third-order valence-corrected chi connectivity index (χ3v) is 3.55. The molecule has 1 aliphatic heterocycles. The first kappa shape index (κ1) is 17.2. The molecule has 0 radical (unpaired) electrons. The van der Waals surface area contributed by atoms with Crippen molar-refractivity contribution in [1.82, 2.24) is 4.90 Å². The van der Waals surface area contributed by atoms with Crippen LogP contribution in [0.15, 0.2) is 0 Å². The van der Waals surface area contributed by atoms with Gasteiger partial charge in [-0.1, -0.05) is 0 Å². The van der Waals surface area contributed by atoms with Gasteiger partial charge in [-0.25, -0.2) is 4.79 Å². The number of carbonyl (C=O) groups excluding carboxylic acids is 1. The molecule has 1 heterocycles. The Hall–Kier alpha value is -0.810. The topological polar surface area (TPSA) is 70.0 Å². The highest BCUT2D eigenvalue weighted by atomic mass is 16.6. The van der Waals surface area contributed by atoms with Crippen LogP contribution in [0.2, 0.25) is 0 Å². The molecular formula is C15H29NO4. The van der Waals surface area contributed by atoms with Crippen molar-refractivity contribution >= 4 is 6.09 Å². The van der Waals surface area contributed by atoms with Crippen LogP contribution in [0, 0.1) is 0 Å². The highest BCUT2D eigenvalue weighted by molar-refractivity contribution is 5.68. The summed E-state index contributed by atoms with van der Waals surface area (Å²) in [5.41, 5.74) is -2.04. The molecule has 0 aromatic rings. The Morgan fingerprint density at radius 2 is 1.70 bits per heavy atom. The average Bonchev–Trinajstić information content (AvgIpc) is 2.24. The Balaban J connectivity index is 2.44. The van der Waals surface area contributed by atoms with Crippen molar-refractivity contribution in [3.8, 4) is 0 Å². The van der Waals surface area contributed by atoms with Crippen LogP contribution in [-0.4, -0.2) is 51.1 Å². The van der Waals surface area contributed by atoms with Gasteiger partial charge in [0.2, 0.25) is 0 Å². The van der Waals surface area contributed by atoms with Crippen molar-refractivity contribution in [2.75, 3.05) is 13.1 Å². The van der Waals surface area contributed by atoms with Gasteiger partial charge in [0.1, 0.15) is 5.60 Å². The molecule has 2 N–H and O–H groups in total. The molecule has 1 aliphatic rings. The summed E-state index contributed by atoms with van der Waals surface area (Å²) >= 11 is 0. The first-order chi connectivity index (χ1) is 8.90. The summed E-state index contributed by atoms with van der Waals surface area (Å²) in [5, 5.41) is 20.2. The van der Waals surface area contributed by atoms with Crippen molar-refractivity contribution in [2.24, 2.45) is 0 Å². The minimum Gasteiger partial charge on any atom is -0.444 e. The van der Waals surface area contributed by atoms with E-state index in [1.165, 1.54) is 0 Å². The number of likely N-dealkylation sites (tertiary alicyclic amines) is 1. The summed E-state index contributed by atoms with van der Waals surface area (Å²) in [6, 6.07) is 0. The van der Waals surface area contributed by atoms with Crippen molar-refractivity contribution in [1.29, 1.82) is 0 Å². The highest BCUT2D eigenvalue weighted by Crippen LogP contribution is 2.30. The van der Waals surface area contributed by atoms with Crippen molar-refractivity contribution in [3.05, 3.63) is 0 Å². The first-order valence-corrected chi connectivity index (χ1v) is 7.33. The second-order valence-electron chi connectivity index (χ2n) is 7.50. The second kappa shape index (κ2) is 5.90. The monoisotopic (exact) mass is 287 g/mol. The quantitative estimate of drug-likeness (QED) is 0.835. The highest BCUT2D eigenvalue weighted by Gasteiger charge is 2.36. The van der Waals surface area contributed by atoms with Gasteiger partial charge in [0, 0.05) is 13.1 Å². The average molecular weight is 287 g/mol. The number of rotatable bonds is 3. The molecule has 5 nitrogen and oxygen atoms in total. The summed E-state index contributed by atoms with van der Waals surface area (Å²) in [4.78, 5) is 13.6. The van der Waals surface area contributed by atoms with Crippen LogP contribution >= 0.6 is 0 Å². The summed E-state index contributed by atoms with van der Waals surface area (Å²) in [6.45, 7) is 10.0. The van der Waals surface area contributed by atoms with Crippen molar-refractivity contribution < 1.29 is 19.7 Å². The largest absolute Gasteiger partial charge is 0.444 e. The normalized spacial score (nSPS) is 19.9. The molecule has 1 rings (SSSR count). The standard InChI is InChI=1S/C15H29NO4/c1-13(2,3)20-12(17)16-10-8-15(19,9-11-16)7-6-14(4,5)18/h18-19H,6-11H2,1-5H3. The van der Waals surface area contributed by atoms with Gasteiger partial charge < -0.3 is 19.8 Å². The minimum absolute atomic E-state index is 0.318. The van der Waals surface area contributed by atoms with Crippen LogP contribution < -0.4 is 0 Å². The first-order valence-electron chi connectivity index (χ1n) is 7.33. The molecule has 0 aromatic carbocycles. The molecule has 1 saturated heterocycles. The maximum absolute atomic E-state index is 11.9. The van der Waals surface area contributed by atoms with Crippen LogP contribution in [0.5, 0.6) is 0 Å². The molecule has 118 valence electrons. The second-order valence-corrected chi connectivity index (χ2v) is 7.50. The van der Waals surface area contributed by atoms with Crippen LogP contribution in [0.1, 0.15) is 60.3 Å². The Morgan fingerprint density at radius 3 is 2.10 bits per heavy atom. The number of carbonyl (C=O) groups is 1. The fraction of sp³-hybridized carbons (Fsp3) is 0.933. The Morgan fingerprint density at radius 1 is 1.20 bits per heavy atom.